The molecule has 1 atom stereocenters. The summed E-state index contributed by atoms with van der Waals surface area (Å²) in [5, 5.41) is 2.81. The van der Waals surface area contributed by atoms with E-state index < -0.39 is 16.1 Å². The molecule has 0 aromatic heterocycles. The first-order valence-electron chi connectivity index (χ1n) is 10.7. The smallest absolute Gasteiger partial charge is 0.261 e. The van der Waals surface area contributed by atoms with Gasteiger partial charge in [0.2, 0.25) is 10.0 Å². The number of ether oxygens (including phenoxy) is 3. The third kappa shape index (κ3) is 6.44. The minimum Gasteiger partial charge on any atom is -0.492 e. The van der Waals surface area contributed by atoms with Crippen LogP contribution in [0.3, 0.4) is 0 Å². The number of nitrogens with one attached hydrogen (secondary N) is 1. The molecule has 1 heterocycles. The molecule has 0 unspecified atom stereocenters. The van der Waals surface area contributed by atoms with Gasteiger partial charge in [-0.15, -0.1) is 0 Å². The lowest BCUT2D eigenvalue weighted by molar-refractivity contribution is -0.128. The topological polar surface area (TPSA) is 94.2 Å². The molecule has 2 aromatic carbocycles. The maximum Gasteiger partial charge on any atom is 0.261 e. The Kier molecular flexibility index (Phi) is 8.49. The van der Waals surface area contributed by atoms with Crippen LogP contribution in [0.25, 0.3) is 0 Å². The molecule has 0 radical (unpaired) electrons. The monoisotopic (exact) mass is 462 g/mol. The minimum atomic E-state index is -3.53. The molecule has 0 spiro atoms. The molecule has 3 rings (SSSR count). The van der Waals surface area contributed by atoms with Crippen molar-refractivity contribution in [3.05, 3.63) is 54.1 Å². The molecule has 1 aliphatic heterocycles. The highest BCUT2D eigenvalue weighted by Gasteiger charge is 2.26. The summed E-state index contributed by atoms with van der Waals surface area (Å²) in [7, 11) is -3.53. The number of hydrogen-bond donors (Lipinski definition) is 1. The van der Waals surface area contributed by atoms with Crippen molar-refractivity contribution >= 4 is 15.9 Å². The molecule has 0 aliphatic carbocycles. The summed E-state index contributed by atoms with van der Waals surface area (Å²) in [6, 6.07) is 13.8. The highest BCUT2D eigenvalue weighted by molar-refractivity contribution is 7.89. The van der Waals surface area contributed by atoms with Gasteiger partial charge in [-0.3, -0.25) is 4.79 Å². The van der Waals surface area contributed by atoms with E-state index in [4.69, 9.17) is 14.2 Å². The Morgan fingerprint density at radius 3 is 2.31 bits per heavy atom. The minimum absolute atomic E-state index is 0.205. The van der Waals surface area contributed by atoms with Crippen LogP contribution in [0.2, 0.25) is 0 Å². The molecule has 2 aromatic rings. The Hall–Kier alpha value is -2.62. The van der Waals surface area contributed by atoms with Crippen LogP contribution in [0.5, 0.6) is 11.5 Å². The van der Waals surface area contributed by atoms with Crippen LogP contribution in [-0.2, 0) is 19.6 Å². The van der Waals surface area contributed by atoms with Crippen LogP contribution in [0.4, 0.5) is 0 Å². The Balaban J connectivity index is 1.44. The van der Waals surface area contributed by atoms with Crippen LogP contribution in [0.15, 0.2) is 53.4 Å². The van der Waals surface area contributed by atoms with Crippen LogP contribution in [-0.4, -0.2) is 64.2 Å². The van der Waals surface area contributed by atoms with E-state index in [1.165, 1.54) is 16.4 Å². The van der Waals surface area contributed by atoms with Crippen molar-refractivity contribution < 1.29 is 27.4 Å². The number of carbonyl (C=O) groups excluding carboxylic acids is 1. The Morgan fingerprint density at radius 2 is 1.69 bits per heavy atom. The van der Waals surface area contributed by atoms with E-state index in [-0.39, 0.29) is 17.4 Å². The van der Waals surface area contributed by atoms with Gasteiger partial charge in [0, 0.05) is 13.1 Å². The van der Waals surface area contributed by atoms with Crippen molar-refractivity contribution in [2.24, 2.45) is 0 Å². The lowest BCUT2D eigenvalue weighted by atomic mass is 10.2. The Labute approximate surface area is 189 Å². The van der Waals surface area contributed by atoms with Gasteiger partial charge in [-0.1, -0.05) is 24.6 Å². The van der Waals surface area contributed by atoms with Gasteiger partial charge >= 0.3 is 0 Å². The molecule has 1 N–H and O–H groups in total. The van der Waals surface area contributed by atoms with Gasteiger partial charge < -0.3 is 19.5 Å². The number of amides is 1. The van der Waals surface area contributed by atoms with E-state index >= 15 is 0 Å². The van der Waals surface area contributed by atoms with Gasteiger partial charge in [-0.2, -0.15) is 4.31 Å². The average Bonchev–Trinajstić information content (AvgIpc) is 2.82. The Morgan fingerprint density at radius 1 is 1.06 bits per heavy atom. The van der Waals surface area contributed by atoms with E-state index in [1.54, 1.807) is 12.1 Å². The van der Waals surface area contributed by atoms with Crippen molar-refractivity contribution in [2.45, 2.75) is 31.3 Å². The predicted molar refractivity (Wildman–Crippen MR) is 120 cm³/mol. The molecule has 9 heteroatoms. The molecular formula is C23H30N2O6S. The second-order valence-corrected chi connectivity index (χ2v) is 9.39. The average molecular weight is 463 g/mol. The largest absolute Gasteiger partial charge is 0.492 e. The summed E-state index contributed by atoms with van der Waals surface area (Å²) < 4.78 is 43.3. The zero-order valence-electron chi connectivity index (χ0n) is 18.5. The van der Waals surface area contributed by atoms with Crippen molar-refractivity contribution in [3.8, 4) is 11.5 Å². The van der Waals surface area contributed by atoms with E-state index in [1.807, 2.05) is 38.1 Å². The number of sulfonamides is 1. The second kappa shape index (κ2) is 11.3. The fourth-order valence-corrected chi connectivity index (χ4v) is 4.61. The van der Waals surface area contributed by atoms with Crippen molar-refractivity contribution in [1.29, 1.82) is 0 Å². The molecule has 0 bridgehead atoms. The molecule has 1 fully saturated rings. The van der Waals surface area contributed by atoms with Crippen molar-refractivity contribution in [2.75, 3.05) is 39.5 Å². The standard InChI is InChI=1S/C23H30N2O6S/c1-3-22(31-20-6-4-18(2)5-7-20)23(26)24-12-15-30-19-8-10-21(11-9-19)32(27,28)25-13-16-29-17-14-25/h4-11,22H,3,12-17H2,1-2H3,(H,24,26)/t22-/m1/s1. The highest BCUT2D eigenvalue weighted by atomic mass is 32.2. The molecule has 1 aliphatic rings. The summed E-state index contributed by atoms with van der Waals surface area (Å²) in [5.41, 5.74) is 1.12. The number of morpholine rings is 1. The van der Waals surface area contributed by atoms with E-state index in [0.29, 0.717) is 50.8 Å². The van der Waals surface area contributed by atoms with Crippen molar-refractivity contribution in [3.63, 3.8) is 0 Å². The first kappa shape index (κ1) is 24.0. The number of carbonyl (C=O) groups is 1. The molecule has 8 nitrogen and oxygen atoms in total. The zero-order valence-corrected chi connectivity index (χ0v) is 19.3. The first-order chi connectivity index (χ1) is 15.4. The molecule has 32 heavy (non-hydrogen) atoms. The van der Waals surface area contributed by atoms with Gasteiger partial charge in [0.25, 0.3) is 5.91 Å². The van der Waals surface area contributed by atoms with Gasteiger partial charge in [-0.25, -0.2) is 8.42 Å². The highest BCUT2D eigenvalue weighted by Crippen LogP contribution is 2.20. The maximum absolute atomic E-state index is 12.6. The third-order valence-electron chi connectivity index (χ3n) is 5.06. The van der Waals surface area contributed by atoms with Crippen LogP contribution < -0.4 is 14.8 Å². The Bertz CT molecular complexity index is 971. The lowest BCUT2D eigenvalue weighted by Crippen LogP contribution is -2.40. The fourth-order valence-electron chi connectivity index (χ4n) is 3.20. The zero-order chi connectivity index (χ0) is 23.0. The number of rotatable bonds is 10. The first-order valence-corrected chi connectivity index (χ1v) is 12.2. The predicted octanol–water partition coefficient (Wildman–Crippen LogP) is 2.37. The van der Waals surface area contributed by atoms with Gasteiger partial charge in [0.05, 0.1) is 24.7 Å². The van der Waals surface area contributed by atoms with E-state index in [0.717, 1.165) is 5.56 Å². The van der Waals surface area contributed by atoms with Gasteiger partial charge in [-0.05, 0) is 49.7 Å². The number of nitrogens with zero attached hydrogens (tertiary/aromatic N) is 1. The molecule has 174 valence electrons. The van der Waals surface area contributed by atoms with Crippen LogP contribution >= 0.6 is 0 Å². The SMILES string of the molecule is CC[C@@H](Oc1ccc(C)cc1)C(=O)NCCOc1ccc(S(=O)(=O)N2CCOCC2)cc1. The lowest BCUT2D eigenvalue weighted by Gasteiger charge is -2.26. The molecule has 1 saturated heterocycles. The fraction of sp³-hybridized carbons (Fsp3) is 0.435. The van der Waals surface area contributed by atoms with Gasteiger partial charge in [0.1, 0.15) is 18.1 Å². The van der Waals surface area contributed by atoms with Gasteiger partial charge in [0.15, 0.2) is 6.10 Å². The summed E-state index contributed by atoms with van der Waals surface area (Å²) in [5.74, 6) is 0.979. The maximum atomic E-state index is 12.6. The third-order valence-corrected chi connectivity index (χ3v) is 6.98. The van der Waals surface area contributed by atoms with Crippen LogP contribution in [0.1, 0.15) is 18.9 Å². The number of aryl methyl sites for hydroxylation is 1. The molecule has 1 amide bonds. The number of hydrogen-bond acceptors (Lipinski definition) is 6. The van der Waals surface area contributed by atoms with E-state index in [9.17, 15) is 13.2 Å². The summed E-state index contributed by atoms with van der Waals surface area (Å²) >= 11 is 0. The van der Waals surface area contributed by atoms with Crippen molar-refractivity contribution in [1.82, 2.24) is 9.62 Å². The van der Waals surface area contributed by atoms with E-state index in [2.05, 4.69) is 5.32 Å². The normalized spacial score (nSPS) is 15.7. The quantitative estimate of drug-likeness (QED) is 0.545. The molecular weight excluding hydrogens is 432 g/mol. The number of benzene rings is 2. The summed E-state index contributed by atoms with van der Waals surface area (Å²) in [6.45, 7) is 5.95. The second-order valence-electron chi connectivity index (χ2n) is 7.46. The molecule has 0 saturated carbocycles. The summed E-state index contributed by atoms with van der Waals surface area (Å²) in [4.78, 5) is 12.6. The summed E-state index contributed by atoms with van der Waals surface area (Å²) in [6.07, 6.45) is -0.0398. The van der Waals surface area contributed by atoms with Crippen LogP contribution in [0, 0.1) is 6.92 Å².